The van der Waals surface area contributed by atoms with E-state index >= 15 is 0 Å². The Morgan fingerprint density at radius 3 is 2.20 bits per heavy atom. The van der Waals surface area contributed by atoms with Gasteiger partial charge in [0.1, 0.15) is 41.7 Å². The van der Waals surface area contributed by atoms with Crippen LogP contribution in [0.3, 0.4) is 0 Å². The molecule has 18 atom stereocenters. The molecule has 0 aromatic carbocycles. The Hall–Kier alpha value is -1.46. The van der Waals surface area contributed by atoms with Gasteiger partial charge in [-0.25, -0.2) is 4.99 Å². The molecule has 14 heteroatoms. The third-order valence-corrected chi connectivity index (χ3v) is 11.9. The van der Waals surface area contributed by atoms with Crippen LogP contribution in [0.4, 0.5) is 0 Å². The quantitative estimate of drug-likeness (QED) is 0.281. The normalized spacial score (nSPS) is 51.3. The number of aliphatic hydroxyl groups excluding tert-OH is 3. The molecule has 4 aliphatic rings. The lowest BCUT2D eigenvalue weighted by atomic mass is 9.79. The Morgan fingerprint density at radius 1 is 0.961 bits per heavy atom. The van der Waals surface area contributed by atoms with E-state index in [4.69, 9.17) is 38.2 Å². The molecule has 51 heavy (non-hydrogen) atoms. The average Bonchev–Trinajstić information content (AvgIpc) is 3.35. The molecule has 4 heterocycles. The fourth-order valence-corrected chi connectivity index (χ4v) is 8.61. The van der Waals surface area contributed by atoms with Gasteiger partial charge < -0.3 is 58.5 Å². The maximum absolute atomic E-state index is 14.2. The Morgan fingerprint density at radius 2 is 1.61 bits per heavy atom. The smallest absolute Gasteiger partial charge is 0.311 e. The summed E-state index contributed by atoms with van der Waals surface area (Å²) in [6.07, 6.45) is -7.53. The molecule has 0 aliphatic carbocycles. The number of methoxy groups -OCH3 is 1. The molecular formula is C37H66N2O12. The maximum Gasteiger partial charge on any atom is 0.311 e. The number of hydrogen-bond donors (Lipinski definition) is 4. The van der Waals surface area contributed by atoms with E-state index in [-0.39, 0.29) is 30.9 Å². The van der Waals surface area contributed by atoms with Gasteiger partial charge in [-0.3, -0.25) is 4.79 Å². The zero-order valence-electron chi connectivity index (χ0n) is 32.9. The number of likely N-dealkylation sites (N-methyl/N-ethyl adjacent to an activating group) is 1. The van der Waals surface area contributed by atoms with Crippen molar-refractivity contribution in [2.24, 2.45) is 22.7 Å². The number of aliphatic imine (C=N–C) groups is 1. The highest BCUT2D eigenvalue weighted by Gasteiger charge is 2.56. The van der Waals surface area contributed by atoms with Gasteiger partial charge >= 0.3 is 5.97 Å². The molecule has 14 nitrogen and oxygen atoms in total. The Balaban J connectivity index is 1.85. The highest BCUT2D eigenvalue weighted by Crippen LogP contribution is 2.44. The minimum Gasteiger partial charge on any atom is -0.472 e. The van der Waals surface area contributed by atoms with Gasteiger partial charge in [0.2, 0.25) is 0 Å². The Kier molecular flexibility index (Phi) is 13.4. The predicted octanol–water partition coefficient (Wildman–Crippen LogP) is 2.41. The first-order chi connectivity index (χ1) is 23.6. The van der Waals surface area contributed by atoms with Crippen LogP contribution in [0.2, 0.25) is 0 Å². The van der Waals surface area contributed by atoms with E-state index < -0.39 is 96.0 Å². The second-order valence-corrected chi connectivity index (χ2v) is 16.5. The van der Waals surface area contributed by atoms with E-state index in [0.29, 0.717) is 18.7 Å². The molecule has 0 amide bonds. The summed E-state index contributed by atoms with van der Waals surface area (Å²) in [6.45, 7) is 17.8. The van der Waals surface area contributed by atoms with Gasteiger partial charge in [0, 0.05) is 37.8 Å². The van der Waals surface area contributed by atoms with Gasteiger partial charge in [-0.2, -0.15) is 0 Å². The second-order valence-electron chi connectivity index (χ2n) is 16.5. The SMILES string of the molecule is CC[C@H]1OC(=O)[C@H](C)[C@@H](O[C@H]2C[C@](C)(OC)[C@@H](O)C(C)O2)[C@H](C)[C@@H](O[C@@H]2OC(C)C[C@@H](N(C)C)C2O)[C@@]2(C)C[C@@H](C)/C(=N\[C@H](C)[C@@H](O)[C@]1(C)O)O2. The molecule has 296 valence electrons. The molecule has 3 unspecified atom stereocenters. The fraction of sp³-hybridized carbons (Fsp3) is 0.946. The van der Waals surface area contributed by atoms with E-state index in [0.717, 1.165) is 0 Å². The zero-order chi connectivity index (χ0) is 38.4. The maximum atomic E-state index is 14.2. The van der Waals surface area contributed by atoms with Gasteiger partial charge in [-0.1, -0.05) is 20.8 Å². The van der Waals surface area contributed by atoms with E-state index in [1.807, 2.05) is 46.7 Å². The molecule has 4 aliphatic heterocycles. The summed E-state index contributed by atoms with van der Waals surface area (Å²) in [4.78, 5) is 20.9. The van der Waals surface area contributed by atoms with Crippen LogP contribution in [0.1, 0.15) is 94.9 Å². The molecule has 0 aromatic heterocycles. The van der Waals surface area contributed by atoms with Crippen molar-refractivity contribution >= 4 is 11.9 Å². The van der Waals surface area contributed by atoms with Crippen LogP contribution in [0.5, 0.6) is 0 Å². The number of cyclic esters (lactones) is 1. The summed E-state index contributed by atoms with van der Waals surface area (Å²) in [5.41, 5.74) is -3.91. The summed E-state index contributed by atoms with van der Waals surface area (Å²) in [7, 11) is 5.33. The Labute approximate surface area is 304 Å². The van der Waals surface area contributed by atoms with Crippen molar-refractivity contribution in [1.82, 2.24) is 4.90 Å². The highest BCUT2D eigenvalue weighted by atomic mass is 16.7. The average molecular weight is 731 g/mol. The van der Waals surface area contributed by atoms with E-state index in [1.165, 1.54) is 14.0 Å². The number of carbonyl (C=O) groups is 1. The number of esters is 1. The highest BCUT2D eigenvalue weighted by molar-refractivity contribution is 5.81. The number of nitrogens with zero attached hydrogens (tertiary/aromatic N) is 2. The molecule has 0 saturated carbocycles. The molecule has 4 N–H and O–H groups in total. The molecular weight excluding hydrogens is 664 g/mol. The second kappa shape index (κ2) is 16.1. The zero-order valence-corrected chi connectivity index (χ0v) is 32.9. The lowest BCUT2D eigenvalue weighted by molar-refractivity contribution is -0.315. The number of hydrogen-bond acceptors (Lipinski definition) is 14. The van der Waals surface area contributed by atoms with E-state index in [9.17, 15) is 25.2 Å². The summed E-state index contributed by atoms with van der Waals surface area (Å²) >= 11 is 0. The molecule has 3 fully saturated rings. The molecule has 0 spiro atoms. The fourth-order valence-electron chi connectivity index (χ4n) is 8.61. The monoisotopic (exact) mass is 730 g/mol. The van der Waals surface area contributed by atoms with Crippen LogP contribution in [-0.2, 0) is 38.0 Å². The van der Waals surface area contributed by atoms with Gasteiger partial charge in [-0.15, -0.1) is 0 Å². The summed E-state index contributed by atoms with van der Waals surface area (Å²) in [5.74, 6) is -2.03. The van der Waals surface area contributed by atoms with Crippen LogP contribution in [-0.4, -0.2) is 149 Å². The largest absolute Gasteiger partial charge is 0.472 e. The Bertz CT molecular complexity index is 1220. The number of carbonyl (C=O) groups excluding carboxylic acids is 1. The minimum atomic E-state index is -1.84. The standard InChI is InChI=1S/C37H66N2O12/c1-14-25-37(10,44)29(41)22(6)38-32-18(2)16-36(9,51-32)31(50-34-27(40)24(39(11)12)15-19(3)46-34)20(4)28(21(5)33(43)48-25)49-26-17-35(8,45-13)30(42)23(7)47-26/h18-31,34,40-42,44H,14-17H2,1-13H3/b38-32+/t18-,19?,20+,21-,22-,23?,24-,25-,26+,27?,28+,29-,30+,31-,34+,35+,36-,37-/m1/s1. The van der Waals surface area contributed by atoms with Gasteiger partial charge in [0.15, 0.2) is 18.5 Å². The number of ether oxygens (including phenoxy) is 7. The summed E-state index contributed by atoms with van der Waals surface area (Å²) in [6, 6.07) is -1.04. The van der Waals surface area contributed by atoms with Crippen molar-refractivity contribution in [2.45, 2.75) is 185 Å². The summed E-state index contributed by atoms with van der Waals surface area (Å²) in [5, 5.41) is 45.5. The minimum absolute atomic E-state index is 0.163. The van der Waals surface area contributed by atoms with E-state index in [2.05, 4.69) is 0 Å². The van der Waals surface area contributed by atoms with Crippen molar-refractivity contribution < 1.29 is 58.4 Å². The third kappa shape index (κ3) is 8.60. The van der Waals surface area contributed by atoms with Crippen LogP contribution in [0.15, 0.2) is 4.99 Å². The molecule has 0 aromatic rings. The molecule has 2 bridgehead atoms. The molecule has 4 rings (SSSR count). The first-order valence-electron chi connectivity index (χ1n) is 18.7. The van der Waals surface area contributed by atoms with Crippen molar-refractivity contribution in [3.8, 4) is 0 Å². The van der Waals surface area contributed by atoms with Gasteiger partial charge in [0.25, 0.3) is 0 Å². The van der Waals surface area contributed by atoms with E-state index in [1.54, 1.807) is 34.6 Å². The van der Waals surface area contributed by atoms with Gasteiger partial charge in [-0.05, 0) is 75.4 Å². The predicted molar refractivity (Wildman–Crippen MR) is 188 cm³/mol. The van der Waals surface area contributed by atoms with Crippen LogP contribution >= 0.6 is 0 Å². The van der Waals surface area contributed by atoms with Crippen LogP contribution in [0, 0.1) is 17.8 Å². The number of aliphatic hydroxyl groups is 4. The summed E-state index contributed by atoms with van der Waals surface area (Å²) < 4.78 is 44.5. The van der Waals surface area contributed by atoms with Crippen molar-refractivity contribution in [3.05, 3.63) is 0 Å². The van der Waals surface area contributed by atoms with Crippen molar-refractivity contribution in [2.75, 3.05) is 21.2 Å². The third-order valence-electron chi connectivity index (χ3n) is 11.9. The number of rotatable bonds is 7. The first-order valence-corrected chi connectivity index (χ1v) is 18.7. The lowest BCUT2D eigenvalue weighted by Gasteiger charge is -2.48. The van der Waals surface area contributed by atoms with Crippen LogP contribution in [0.25, 0.3) is 0 Å². The van der Waals surface area contributed by atoms with Crippen LogP contribution < -0.4 is 0 Å². The van der Waals surface area contributed by atoms with Gasteiger partial charge in [0.05, 0.1) is 35.9 Å². The topological polar surface area (TPSA) is 178 Å². The molecule has 0 radical (unpaired) electrons. The van der Waals surface area contributed by atoms with Crippen molar-refractivity contribution in [1.29, 1.82) is 0 Å². The van der Waals surface area contributed by atoms with Crippen molar-refractivity contribution in [3.63, 3.8) is 0 Å². The first kappa shape index (κ1) is 42.3. The molecule has 3 saturated heterocycles. The number of fused-ring (bicyclic) bond motifs is 2. The lowest BCUT2D eigenvalue weighted by Crippen LogP contribution is -2.60.